The van der Waals surface area contributed by atoms with Crippen molar-refractivity contribution in [2.24, 2.45) is 11.5 Å². The first kappa shape index (κ1) is 51.6. The summed E-state index contributed by atoms with van der Waals surface area (Å²) < 4.78 is 0. The van der Waals surface area contributed by atoms with Gasteiger partial charge in [0.1, 0.15) is 6.04 Å². The molecule has 358 valence electrons. The topological polar surface area (TPSA) is 237 Å². The van der Waals surface area contributed by atoms with Gasteiger partial charge >= 0.3 is 0 Å². The smallest absolute Gasteiger partial charge is 0.242 e. The summed E-state index contributed by atoms with van der Waals surface area (Å²) >= 11 is 4.08. The molecule has 18 heteroatoms. The maximum absolute atomic E-state index is 14.1. The van der Waals surface area contributed by atoms with Gasteiger partial charge in [-0.3, -0.25) is 38.5 Å². The van der Waals surface area contributed by atoms with Crippen LogP contribution in [0.25, 0.3) is 16.5 Å². The Balaban J connectivity index is 1.25. The number of rotatable bonds is 29. The molecule has 0 unspecified atom stereocenters. The number of para-hydroxylation sites is 1. The van der Waals surface area contributed by atoms with Crippen LogP contribution in [0.2, 0.25) is 0 Å². The maximum Gasteiger partial charge on any atom is 0.242 e. The second-order valence-electron chi connectivity index (χ2n) is 16.6. The average molecular weight is 937 g/mol. The van der Waals surface area contributed by atoms with E-state index < -0.39 is 35.6 Å². The van der Waals surface area contributed by atoms with E-state index in [1.54, 1.807) is 12.4 Å². The first-order valence-electron chi connectivity index (χ1n) is 22.8. The molecular formula is C49H64N10O7S. The Labute approximate surface area is 397 Å². The molecule has 4 aromatic rings. The lowest BCUT2D eigenvalue weighted by atomic mass is 10.0. The van der Waals surface area contributed by atoms with Crippen LogP contribution in [0.3, 0.4) is 0 Å². The van der Waals surface area contributed by atoms with Gasteiger partial charge in [-0.15, -0.1) is 0 Å². The summed E-state index contributed by atoms with van der Waals surface area (Å²) in [6, 6.07) is 18.5. The number of primary amides is 1. The minimum Gasteiger partial charge on any atom is -0.368 e. The summed E-state index contributed by atoms with van der Waals surface area (Å²) in [7, 11) is 0. The van der Waals surface area contributed by atoms with Crippen molar-refractivity contribution in [2.75, 3.05) is 71.2 Å². The Morgan fingerprint density at radius 3 is 2.21 bits per heavy atom. The molecule has 2 aromatic carbocycles. The number of carbonyl (C=O) groups is 7. The monoisotopic (exact) mass is 936 g/mol. The fourth-order valence-corrected chi connectivity index (χ4v) is 8.20. The minimum atomic E-state index is -1.02. The van der Waals surface area contributed by atoms with Gasteiger partial charge in [-0.1, -0.05) is 61.5 Å². The molecule has 0 saturated heterocycles. The molecule has 2 aromatic heterocycles. The summed E-state index contributed by atoms with van der Waals surface area (Å²) in [4.78, 5) is 107. The molecule has 0 aliphatic heterocycles. The minimum absolute atomic E-state index is 0.0177. The van der Waals surface area contributed by atoms with Crippen molar-refractivity contribution in [1.82, 2.24) is 40.2 Å². The Kier molecular flexibility index (Phi) is 20.6. The number of aromatic amines is 1. The van der Waals surface area contributed by atoms with E-state index in [2.05, 4.69) is 51.4 Å². The number of hydrogen-bond acceptors (Lipinski definition) is 11. The molecule has 0 spiro atoms. The number of Topliss-reactive ketones (excluding diaryl/α,β-unsaturated/α-hetero) is 1. The van der Waals surface area contributed by atoms with Gasteiger partial charge < -0.3 is 46.7 Å². The van der Waals surface area contributed by atoms with Crippen LogP contribution < -0.4 is 22.1 Å². The van der Waals surface area contributed by atoms with Crippen LogP contribution in [0.15, 0.2) is 85.3 Å². The number of nitrogens with one attached hydrogen (secondary N) is 3. The SMILES string of the molecule is CCCN(CC(=O)N[C@@H](CS)C(N)=O)C(=O)CN(CCc1c[nH]c2ccccc12)C(=O)CCC(=O)CN(CCCN)C(=O)CN(CCC1=CCc2ccccc21)C(=O)CNCc1cccnc1. The Hall–Kier alpha value is -6.37. The van der Waals surface area contributed by atoms with Crippen LogP contribution in [0.1, 0.15) is 61.3 Å². The number of allylic oxidation sites excluding steroid dienone is 1. The van der Waals surface area contributed by atoms with Crippen LogP contribution >= 0.6 is 12.6 Å². The molecule has 0 radical (unpaired) electrons. The number of thiol groups is 1. The second-order valence-corrected chi connectivity index (χ2v) is 16.9. The van der Waals surface area contributed by atoms with Crippen LogP contribution in [0.5, 0.6) is 0 Å². The van der Waals surface area contributed by atoms with E-state index in [1.165, 1.54) is 25.2 Å². The van der Waals surface area contributed by atoms with Crippen molar-refractivity contribution >= 4 is 70.3 Å². The van der Waals surface area contributed by atoms with Crippen molar-refractivity contribution in [3.05, 3.63) is 108 Å². The molecule has 6 amide bonds. The maximum atomic E-state index is 14.1. The fourth-order valence-electron chi connectivity index (χ4n) is 7.93. The first-order chi connectivity index (χ1) is 32.4. The number of benzene rings is 2. The molecule has 1 aliphatic rings. The zero-order valence-electron chi connectivity index (χ0n) is 38.3. The average Bonchev–Trinajstić information content (AvgIpc) is 3.95. The first-order valence-corrected chi connectivity index (χ1v) is 23.5. The second kappa shape index (κ2) is 26.7. The van der Waals surface area contributed by atoms with Gasteiger partial charge in [0.15, 0.2) is 5.78 Å². The molecule has 0 saturated carbocycles. The number of nitrogens with zero attached hydrogens (tertiary/aromatic N) is 5. The summed E-state index contributed by atoms with van der Waals surface area (Å²) in [6.45, 7) is 2.03. The molecule has 5 rings (SSSR count). The largest absolute Gasteiger partial charge is 0.368 e. The van der Waals surface area contributed by atoms with Gasteiger partial charge in [-0.05, 0) is 78.6 Å². The normalized spacial score (nSPS) is 12.2. The standard InChI is InChI=1S/C49H64N10O7S/c1-2-22-56(31-44(61)55-43(34-67)49(51)66)47(64)32-58(25-19-38-28-54-42-13-6-5-12-41(38)42)45(62)17-16-39(60)30-57(23-8-20-50)48(65)33-59(46(63)29-53-27-35-9-7-21-52-26-35)24-18-37-15-14-36-10-3-4-11-40(36)37/h3-7,9-13,15,21,26,28,43,53-54,67H,2,8,14,16-20,22-25,27,29-34,50H2,1H3,(H2,51,66)(H,55,61)/t43-/m0/s1. The number of nitrogens with two attached hydrogens (primary N) is 2. The van der Waals surface area contributed by atoms with Crippen molar-refractivity contribution in [3.63, 3.8) is 0 Å². The third-order valence-electron chi connectivity index (χ3n) is 11.6. The number of aromatic nitrogens is 2. The van der Waals surface area contributed by atoms with E-state index in [1.807, 2.05) is 61.7 Å². The summed E-state index contributed by atoms with van der Waals surface area (Å²) in [5, 5.41) is 6.63. The third-order valence-corrected chi connectivity index (χ3v) is 12.0. The van der Waals surface area contributed by atoms with E-state index in [9.17, 15) is 33.6 Å². The zero-order chi connectivity index (χ0) is 48.1. The lowest BCUT2D eigenvalue weighted by molar-refractivity contribution is -0.143. The van der Waals surface area contributed by atoms with Crippen LogP contribution in [-0.4, -0.2) is 148 Å². The van der Waals surface area contributed by atoms with E-state index >= 15 is 0 Å². The van der Waals surface area contributed by atoms with Crippen molar-refractivity contribution in [3.8, 4) is 0 Å². The molecule has 2 heterocycles. The predicted octanol–water partition coefficient (Wildman–Crippen LogP) is 2.25. The number of fused-ring (bicyclic) bond motifs is 2. The van der Waals surface area contributed by atoms with Gasteiger partial charge in [0.2, 0.25) is 35.4 Å². The molecule has 0 bridgehead atoms. The Morgan fingerprint density at radius 2 is 1.49 bits per heavy atom. The van der Waals surface area contributed by atoms with E-state index in [-0.39, 0.29) is 95.7 Å². The molecule has 17 nitrogen and oxygen atoms in total. The quantitative estimate of drug-likeness (QED) is 0.0435. The van der Waals surface area contributed by atoms with Crippen LogP contribution in [0.4, 0.5) is 0 Å². The highest BCUT2D eigenvalue weighted by Crippen LogP contribution is 2.29. The van der Waals surface area contributed by atoms with Crippen LogP contribution in [-0.2, 0) is 52.9 Å². The molecule has 0 fully saturated rings. The lowest BCUT2D eigenvalue weighted by Gasteiger charge is -2.28. The number of ketones is 1. The van der Waals surface area contributed by atoms with Crippen molar-refractivity contribution < 1.29 is 33.6 Å². The number of hydrogen-bond donors (Lipinski definition) is 6. The van der Waals surface area contributed by atoms with Crippen molar-refractivity contribution in [1.29, 1.82) is 0 Å². The highest BCUT2D eigenvalue weighted by molar-refractivity contribution is 7.80. The van der Waals surface area contributed by atoms with E-state index in [0.29, 0.717) is 32.2 Å². The highest BCUT2D eigenvalue weighted by atomic mass is 32.1. The van der Waals surface area contributed by atoms with Gasteiger partial charge in [-0.2, -0.15) is 12.6 Å². The molecule has 7 N–H and O–H groups in total. The van der Waals surface area contributed by atoms with Gasteiger partial charge in [0.25, 0.3) is 0 Å². The van der Waals surface area contributed by atoms with E-state index in [0.717, 1.165) is 39.6 Å². The summed E-state index contributed by atoms with van der Waals surface area (Å²) in [5.41, 5.74) is 17.4. The van der Waals surface area contributed by atoms with Crippen molar-refractivity contribution in [2.45, 2.75) is 64.5 Å². The number of pyridine rings is 1. The Morgan fingerprint density at radius 1 is 0.791 bits per heavy atom. The third kappa shape index (κ3) is 15.9. The number of amides is 6. The lowest BCUT2D eigenvalue weighted by Crippen LogP contribution is -2.51. The highest BCUT2D eigenvalue weighted by Gasteiger charge is 2.27. The van der Waals surface area contributed by atoms with Gasteiger partial charge in [-0.25, -0.2) is 0 Å². The fraction of sp³-hybridized carbons (Fsp3) is 0.429. The van der Waals surface area contributed by atoms with Crippen LogP contribution in [0, 0.1) is 0 Å². The summed E-state index contributed by atoms with van der Waals surface area (Å²) in [6.07, 6.45) is 9.61. The predicted molar refractivity (Wildman–Crippen MR) is 260 cm³/mol. The van der Waals surface area contributed by atoms with Gasteiger partial charge in [0.05, 0.1) is 32.7 Å². The number of carbonyl (C=O) groups excluding carboxylic acids is 7. The number of H-pyrrole nitrogens is 1. The van der Waals surface area contributed by atoms with E-state index in [4.69, 9.17) is 11.5 Å². The Bertz CT molecular complexity index is 2360. The molecule has 67 heavy (non-hydrogen) atoms. The molecule has 1 atom stereocenters. The van der Waals surface area contributed by atoms with Gasteiger partial charge in [0, 0.05) is 80.8 Å². The zero-order valence-corrected chi connectivity index (χ0v) is 39.2. The molecule has 1 aliphatic carbocycles. The molecular weight excluding hydrogens is 873 g/mol. The summed E-state index contributed by atoms with van der Waals surface area (Å²) in [5.74, 6) is -3.38.